The minimum Gasteiger partial charge on any atom is -0.497 e. The highest BCUT2D eigenvalue weighted by Crippen LogP contribution is 2.18. The predicted octanol–water partition coefficient (Wildman–Crippen LogP) is -0.0557. The Bertz CT molecular complexity index is 534. The topological polar surface area (TPSA) is 114 Å². The molecule has 2 atom stereocenters. The third kappa shape index (κ3) is 6.25. The summed E-state index contributed by atoms with van der Waals surface area (Å²) in [6.45, 7) is 3.52. The number of carbonyl (C=O) groups is 2. The lowest BCUT2D eigenvalue weighted by Crippen LogP contribution is -2.47. The highest BCUT2D eigenvalue weighted by molar-refractivity contribution is 5.87. The van der Waals surface area contributed by atoms with E-state index in [0.717, 1.165) is 0 Å². The molecule has 0 heterocycles. The molecule has 2 amide bonds. The molecule has 0 aliphatic heterocycles. The Hall–Kier alpha value is -2.12. The number of amides is 2. The Morgan fingerprint density at radius 3 is 2.61 bits per heavy atom. The number of aliphatic hydroxyl groups excluding tert-OH is 1. The molecule has 1 rings (SSSR count). The van der Waals surface area contributed by atoms with E-state index >= 15 is 0 Å². The van der Waals surface area contributed by atoms with E-state index < -0.39 is 18.1 Å². The lowest BCUT2D eigenvalue weighted by atomic mass is 10.1. The Morgan fingerprint density at radius 1 is 1.30 bits per heavy atom. The van der Waals surface area contributed by atoms with Crippen molar-refractivity contribution in [2.24, 2.45) is 11.7 Å². The molecule has 0 radical (unpaired) electrons. The molecule has 0 spiro atoms. The largest absolute Gasteiger partial charge is 0.497 e. The zero-order valence-electron chi connectivity index (χ0n) is 13.7. The van der Waals surface area contributed by atoms with Gasteiger partial charge in [0.05, 0.1) is 25.8 Å². The van der Waals surface area contributed by atoms with Crippen LogP contribution in [-0.2, 0) is 9.59 Å². The molecule has 5 N–H and O–H groups in total. The minimum absolute atomic E-state index is 0.00653. The molecule has 1 unspecified atom stereocenters. The standard InChI is InChI=1S/C16H25N3O4/c1-10(2)15(17)16(22)19-9-14(21)18-8-13(20)11-5-4-6-12(7-11)23-3/h4-7,10,13,15,20H,8-9,17H2,1-3H3,(H,18,21)(H,19,22)/t13?,15-/m0/s1. The third-order valence-corrected chi connectivity index (χ3v) is 3.42. The molecule has 0 fully saturated rings. The SMILES string of the molecule is COc1cccc(C(O)CNC(=O)CNC(=O)[C@@H](N)C(C)C)c1. The molecule has 7 heteroatoms. The number of benzene rings is 1. The number of hydrogen-bond acceptors (Lipinski definition) is 5. The number of nitrogens with one attached hydrogen (secondary N) is 2. The number of methoxy groups -OCH3 is 1. The summed E-state index contributed by atoms with van der Waals surface area (Å²) in [7, 11) is 1.54. The molecular formula is C16H25N3O4. The van der Waals surface area contributed by atoms with Gasteiger partial charge in [0.25, 0.3) is 0 Å². The van der Waals surface area contributed by atoms with E-state index in [1.807, 2.05) is 13.8 Å². The molecule has 0 bridgehead atoms. The second kappa shape index (κ2) is 9.12. The highest BCUT2D eigenvalue weighted by atomic mass is 16.5. The average molecular weight is 323 g/mol. The van der Waals surface area contributed by atoms with E-state index in [1.165, 1.54) is 7.11 Å². The van der Waals surface area contributed by atoms with Crippen molar-refractivity contribution in [1.82, 2.24) is 10.6 Å². The zero-order chi connectivity index (χ0) is 17.4. The second-order valence-corrected chi connectivity index (χ2v) is 5.58. The monoisotopic (exact) mass is 323 g/mol. The van der Waals surface area contributed by atoms with E-state index in [1.54, 1.807) is 24.3 Å². The van der Waals surface area contributed by atoms with Crippen molar-refractivity contribution >= 4 is 11.8 Å². The maximum Gasteiger partial charge on any atom is 0.239 e. The summed E-state index contributed by atoms with van der Waals surface area (Å²) in [5.41, 5.74) is 6.31. The van der Waals surface area contributed by atoms with E-state index in [9.17, 15) is 14.7 Å². The molecule has 0 aliphatic carbocycles. The highest BCUT2D eigenvalue weighted by Gasteiger charge is 2.18. The third-order valence-electron chi connectivity index (χ3n) is 3.42. The fourth-order valence-electron chi connectivity index (χ4n) is 1.83. The Labute approximate surface area is 136 Å². The molecule has 0 aliphatic rings. The summed E-state index contributed by atoms with van der Waals surface area (Å²) in [6, 6.07) is 6.31. The van der Waals surface area contributed by atoms with Crippen molar-refractivity contribution < 1.29 is 19.4 Å². The summed E-state index contributed by atoms with van der Waals surface area (Å²) in [4.78, 5) is 23.3. The summed E-state index contributed by atoms with van der Waals surface area (Å²) in [5.74, 6) is -0.143. The lowest BCUT2D eigenvalue weighted by Gasteiger charge is -2.16. The average Bonchev–Trinajstić information content (AvgIpc) is 2.56. The molecule has 1 aromatic rings. The molecule has 128 valence electrons. The van der Waals surface area contributed by atoms with Gasteiger partial charge in [-0.3, -0.25) is 9.59 Å². The molecule has 0 aromatic heterocycles. The first-order valence-electron chi connectivity index (χ1n) is 7.47. The fourth-order valence-corrected chi connectivity index (χ4v) is 1.83. The van der Waals surface area contributed by atoms with Crippen LogP contribution in [-0.4, -0.2) is 43.2 Å². The minimum atomic E-state index is -0.859. The molecule has 1 aromatic carbocycles. The van der Waals surface area contributed by atoms with E-state index in [0.29, 0.717) is 11.3 Å². The molecule has 0 saturated heterocycles. The number of rotatable bonds is 8. The van der Waals surface area contributed by atoms with Crippen molar-refractivity contribution in [3.8, 4) is 5.75 Å². The predicted molar refractivity (Wildman–Crippen MR) is 86.8 cm³/mol. The second-order valence-electron chi connectivity index (χ2n) is 5.58. The first-order valence-corrected chi connectivity index (χ1v) is 7.47. The van der Waals surface area contributed by atoms with Crippen LogP contribution in [0.4, 0.5) is 0 Å². The summed E-state index contributed by atoms with van der Waals surface area (Å²) in [5, 5.41) is 15.1. The zero-order valence-corrected chi connectivity index (χ0v) is 13.7. The van der Waals surface area contributed by atoms with Gasteiger partial charge in [0.2, 0.25) is 11.8 Å². The Kier molecular flexibility index (Phi) is 7.50. The summed E-state index contributed by atoms with van der Waals surface area (Å²) >= 11 is 0. The number of aliphatic hydroxyl groups is 1. The molecule has 7 nitrogen and oxygen atoms in total. The summed E-state index contributed by atoms with van der Waals surface area (Å²) in [6.07, 6.45) is -0.859. The van der Waals surface area contributed by atoms with Crippen molar-refractivity contribution in [2.45, 2.75) is 26.0 Å². The van der Waals surface area contributed by atoms with Gasteiger partial charge in [-0.1, -0.05) is 26.0 Å². The number of ether oxygens (including phenoxy) is 1. The molecular weight excluding hydrogens is 298 g/mol. The van der Waals surface area contributed by atoms with Crippen LogP contribution < -0.4 is 21.1 Å². The Balaban J connectivity index is 2.39. The van der Waals surface area contributed by atoms with Crippen molar-refractivity contribution in [2.75, 3.05) is 20.2 Å². The van der Waals surface area contributed by atoms with Crippen molar-refractivity contribution in [3.63, 3.8) is 0 Å². The van der Waals surface area contributed by atoms with E-state index in [2.05, 4.69) is 10.6 Å². The van der Waals surface area contributed by atoms with Gasteiger partial charge in [-0.15, -0.1) is 0 Å². The maximum absolute atomic E-state index is 11.7. The van der Waals surface area contributed by atoms with Gasteiger partial charge in [0, 0.05) is 6.54 Å². The van der Waals surface area contributed by atoms with Gasteiger partial charge in [0.1, 0.15) is 5.75 Å². The van der Waals surface area contributed by atoms with Crippen LogP contribution in [0.2, 0.25) is 0 Å². The first-order chi connectivity index (χ1) is 10.8. The van der Waals surface area contributed by atoms with Crippen molar-refractivity contribution in [3.05, 3.63) is 29.8 Å². The van der Waals surface area contributed by atoms with Gasteiger partial charge >= 0.3 is 0 Å². The van der Waals surface area contributed by atoms with Gasteiger partial charge in [-0.2, -0.15) is 0 Å². The van der Waals surface area contributed by atoms with Crippen LogP contribution in [0.15, 0.2) is 24.3 Å². The van der Waals surface area contributed by atoms with Crippen LogP contribution >= 0.6 is 0 Å². The van der Waals surface area contributed by atoms with Crippen molar-refractivity contribution in [1.29, 1.82) is 0 Å². The molecule has 0 saturated carbocycles. The normalized spacial score (nSPS) is 13.3. The van der Waals surface area contributed by atoms with Gasteiger partial charge in [-0.25, -0.2) is 0 Å². The molecule has 23 heavy (non-hydrogen) atoms. The lowest BCUT2D eigenvalue weighted by molar-refractivity contribution is -0.127. The van der Waals surface area contributed by atoms with Crippen LogP contribution in [0.25, 0.3) is 0 Å². The van der Waals surface area contributed by atoms with Gasteiger partial charge < -0.3 is 26.2 Å². The van der Waals surface area contributed by atoms with Gasteiger partial charge in [0.15, 0.2) is 0 Å². The smallest absolute Gasteiger partial charge is 0.239 e. The number of hydrogen-bond donors (Lipinski definition) is 4. The maximum atomic E-state index is 11.7. The Morgan fingerprint density at radius 2 is 2.00 bits per heavy atom. The number of nitrogens with two attached hydrogens (primary N) is 1. The quantitative estimate of drug-likeness (QED) is 0.535. The first kappa shape index (κ1) is 18.9. The van der Waals surface area contributed by atoms with E-state index in [4.69, 9.17) is 10.5 Å². The van der Waals surface area contributed by atoms with E-state index in [-0.39, 0.29) is 24.9 Å². The fraction of sp³-hybridized carbons (Fsp3) is 0.500. The number of carbonyl (C=O) groups excluding carboxylic acids is 2. The van der Waals surface area contributed by atoms with Crippen LogP contribution in [0, 0.1) is 5.92 Å². The van der Waals surface area contributed by atoms with Crippen LogP contribution in [0.3, 0.4) is 0 Å². The van der Waals surface area contributed by atoms with Crippen LogP contribution in [0.1, 0.15) is 25.5 Å². The summed E-state index contributed by atoms with van der Waals surface area (Å²) < 4.78 is 5.08. The van der Waals surface area contributed by atoms with Gasteiger partial charge in [-0.05, 0) is 23.6 Å². The van der Waals surface area contributed by atoms with Crippen LogP contribution in [0.5, 0.6) is 5.75 Å².